The van der Waals surface area contributed by atoms with Crippen LogP contribution in [0.2, 0.25) is 0 Å². The Balaban J connectivity index is 2.21. The van der Waals surface area contributed by atoms with Gasteiger partial charge in [0.2, 0.25) is 17.7 Å². The molecule has 1 saturated heterocycles. The first-order valence-electron chi connectivity index (χ1n) is 10.8. The summed E-state index contributed by atoms with van der Waals surface area (Å²) in [6, 6.07) is 3.72. The van der Waals surface area contributed by atoms with Gasteiger partial charge >= 0.3 is 5.97 Å². The van der Waals surface area contributed by atoms with Crippen LogP contribution in [0.5, 0.6) is 5.75 Å². The summed E-state index contributed by atoms with van der Waals surface area (Å²) in [5.41, 5.74) is 6.75. The zero-order chi connectivity index (χ0) is 23.8. The fourth-order valence-corrected chi connectivity index (χ4v) is 3.63. The van der Waals surface area contributed by atoms with E-state index in [2.05, 4.69) is 10.6 Å². The number of hydrogen-bond donors (Lipinski definition) is 5. The average molecular weight is 449 g/mol. The lowest BCUT2D eigenvalue weighted by Gasteiger charge is -2.30. The van der Waals surface area contributed by atoms with E-state index in [9.17, 15) is 24.3 Å². The summed E-state index contributed by atoms with van der Waals surface area (Å²) in [6.07, 6.45) is 1.84. The topological polar surface area (TPSA) is 162 Å². The van der Waals surface area contributed by atoms with E-state index in [1.807, 2.05) is 13.8 Å². The fourth-order valence-electron chi connectivity index (χ4n) is 3.63. The zero-order valence-electron chi connectivity index (χ0n) is 18.4. The zero-order valence-corrected chi connectivity index (χ0v) is 18.4. The highest BCUT2D eigenvalue weighted by Gasteiger charge is 2.38. The van der Waals surface area contributed by atoms with Crippen molar-refractivity contribution in [3.8, 4) is 5.75 Å². The lowest BCUT2D eigenvalue weighted by atomic mass is 9.98. The molecule has 0 aromatic heterocycles. The van der Waals surface area contributed by atoms with Crippen molar-refractivity contribution in [2.75, 3.05) is 13.1 Å². The molecule has 0 bridgehead atoms. The Morgan fingerprint density at radius 3 is 2.47 bits per heavy atom. The quantitative estimate of drug-likeness (QED) is 0.336. The molecule has 32 heavy (non-hydrogen) atoms. The predicted octanol–water partition coefficient (Wildman–Crippen LogP) is -0.0153. The van der Waals surface area contributed by atoms with E-state index in [1.54, 1.807) is 12.1 Å². The summed E-state index contributed by atoms with van der Waals surface area (Å²) < 4.78 is 0. The van der Waals surface area contributed by atoms with Gasteiger partial charge in [-0.15, -0.1) is 0 Å². The first kappa shape index (κ1) is 25.1. The molecule has 4 atom stereocenters. The van der Waals surface area contributed by atoms with E-state index in [0.29, 0.717) is 31.4 Å². The van der Waals surface area contributed by atoms with Gasteiger partial charge in [-0.05, 0) is 36.5 Å². The molecule has 4 unspecified atom stereocenters. The van der Waals surface area contributed by atoms with Gasteiger partial charge in [0, 0.05) is 13.0 Å². The minimum Gasteiger partial charge on any atom is -0.508 e. The highest BCUT2D eigenvalue weighted by Crippen LogP contribution is 2.20. The molecule has 1 aliphatic rings. The number of phenols is 1. The van der Waals surface area contributed by atoms with Crippen LogP contribution < -0.4 is 16.4 Å². The lowest BCUT2D eigenvalue weighted by Crippen LogP contribution is -2.57. The molecule has 6 N–H and O–H groups in total. The number of amides is 3. The highest BCUT2D eigenvalue weighted by molar-refractivity contribution is 5.94. The lowest BCUT2D eigenvalue weighted by molar-refractivity contribution is -0.143. The van der Waals surface area contributed by atoms with Crippen molar-refractivity contribution in [2.24, 2.45) is 11.7 Å². The first-order valence-corrected chi connectivity index (χ1v) is 10.8. The van der Waals surface area contributed by atoms with E-state index in [1.165, 1.54) is 17.0 Å². The van der Waals surface area contributed by atoms with Crippen LogP contribution in [0.3, 0.4) is 0 Å². The molecule has 0 aliphatic carbocycles. The van der Waals surface area contributed by atoms with Gasteiger partial charge in [-0.25, -0.2) is 0 Å². The normalized spacial score (nSPS) is 18.5. The fraction of sp³-hybridized carbons (Fsp3) is 0.545. The van der Waals surface area contributed by atoms with Crippen LogP contribution in [0.15, 0.2) is 24.3 Å². The number of nitrogens with one attached hydrogen (secondary N) is 2. The molecule has 0 radical (unpaired) electrons. The Kier molecular flexibility index (Phi) is 9.01. The monoisotopic (exact) mass is 448 g/mol. The molecule has 1 fully saturated rings. The minimum absolute atomic E-state index is 0.0779. The second-order valence-electron chi connectivity index (χ2n) is 8.14. The van der Waals surface area contributed by atoms with E-state index in [-0.39, 0.29) is 18.1 Å². The number of benzene rings is 1. The third kappa shape index (κ3) is 6.68. The molecule has 1 aromatic carbocycles. The van der Waals surface area contributed by atoms with Crippen LogP contribution in [0.4, 0.5) is 0 Å². The molecule has 1 heterocycles. The van der Waals surface area contributed by atoms with Crippen LogP contribution in [-0.4, -0.2) is 70.0 Å². The number of carbonyl (C=O) groups is 4. The minimum atomic E-state index is -1.18. The van der Waals surface area contributed by atoms with Gasteiger partial charge in [0.05, 0.1) is 6.04 Å². The second kappa shape index (κ2) is 11.5. The number of aliphatic carboxylic acids is 1. The second-order valence-corrected chi connectivity index (χ2v) is 8.14. The standard InChI is InChI=1S/C22H32N4O6/c1-3-13(2)19(23)21(31)25-16(11-14-6-8-15(27)9-7-14)22(32)26-10-4-5-17(26)20(30)24-12-18(28)29/h6-9,13,16-17,19,27H,3-5,10-12,23H2,1-2H3,(H,24,30)(H,25,31)(H,28,29). The van der Waals surface area contributed by atoms with E-state index in [0.717, 1.165) is 0 Å². The molecule has 176 valence electrons. The number of carboxylic acids is 1. The van der Waals surface area contributed by atoms with E-state index < -0.39 is 48.4 Å². The number of rotatable bonds is 10. The number of nitrogens with two attached hydrogens (primary N) is 1. The Morgan fingerprint density at radius 1 is 1.22 bits per heavy atom. The molecule has 3 amide bonds. The van der Waals surface area contributed by atoms with Crippen molar-refractivity contribution in [1.29, 1.82) is 0 Å². The number of hydrogen-bond acceptors (Lipinski definition) is 6. The smallest absolute Gasteiger partial charge is 0.322 e. The molecular formula is C22H32N4O6. The van der Waals surface area contributed by atoms with Crippen molar-refractivity contribution in [3.63, 3.8) is 0 Å². The van der Waals surface area contributed by atoms with Crippen molar-refractivity contribution < 1.29 is 29.4 Å². The number of likely N-dealkylation sites (tertiary alicyclic amines) is 1. The summed E-state index contributed by atoms with van der Waals surface area (Å²) in [5, 5.41) is 23.4. The number of nitrogens with zero attached hydrogens (tertiary/aromatic N) is 1. The van der Waals surface area contributed by atoms with Crippen molar-refractivity contribution in [3.05, 3.63) is 29.8 Å². The van der Waals surface area contributed by atoms with Crippen molar-refractivity contribution in [2.45, 2.75) is 57.7 Å². The highest BCUT2D eigenvalue weighted by atomic mass is 16.4. The first-order chi connectivity index (χ1) is 15.1. The van der Waals surface area contributed by atoms with E-state index >= 15 is 0 Å². The Bertz CT molecular complexity index is 828. The molecule has 1 aliphatic heterocycles. The van der Waals surface area contributed by atoms with Gasteiger partial charge in [-0.3, -0.25) is 19.2 Å². The maximum Gasteiger partial charge on any atom is 0.322 e. The van der Waals surface area contributed by atoms with Gasteiger partial charge < -0.3 is 31.5 Å². The molecule has 2 rings (SSSR count). The van der Waals surface area contributed by atoms with Gasteiger partial charge in [0.25, 0.3) is 0 Å². The van der Waals surface area contributed by atoms with Gasteiger partial charge in [0.15, 0.2) is 0 Å². The largest absolute Gasteiger partial charge is 0.508 e. The van der Waals surface area contributed by atoms with Crippen LogP contribution >= 0.6 is 0 Å². The number of carbonyl (C=O) groups excluding carboxylic acids is 3. The molecule has 10 heteroatoms. The number of carboxylic acid groups (broad SMARTS) is 1. The average Bonchev–Trinajstić information content (AvgIpc) is 3.26. The van der Waals surface area contributed by atoms with Crippen LogP contribution in [0.1, 0.15) is 38.7 Å². The molecule has 10 nitrogen and oxygen atoms in total. The summed E-state index contributed by atoms with van der Waals surface area (Å²) in [5.74, 6) is -2.61. The SMILES string of the molecule is CCC(C)C(N)C(=O)NC(Cc1ccc(O)cc1)C(=O)N1CCCC1C(=O)NCC(=O)O. The van der Waals surface area contributed by atoms with Gasteiger partial charge in [0.1, 0.15) is 24.4 Å². The Labute approximate surface area is 187 Å². The summed E-state index contributed by atoms with van der Waals surface area (Å²) >= 11 is 0. The Hall–Kier alpha value is -3.14. The molecule has 0 saturated carbocycles. The van der Waals surface area contributed by atoms with Crippen LogP contribution in [-0.2, 0) is 25.6 Å². The van der Waals surface area contributed by atoms with Crippen LogP contribution in [0, 0.1) is 5.92 Å². The molecule has 0 spiro atoms. The van der Waals surface area contributed by atoms with Gasteiger partial charge in [-0.1, -0.05) is 32.4 Å². The Morgan fingerprint density at radius 2 is 1.88 bits per heavy atom. The third-order valence-corrected chi connectivity index (χ3v) is 5.80. The van der Waals surface area contributed by atoms with Gasteiger partial charge in [-0.2, -0.15) is 0 Å². The molecule has 1 aromatic rings. The van der Waals surface area contributed by atoms with Crippen molar-refractivity contribution >= 4 is 23.7 Å². The number of aromatic hydroxyl groups is 1. The molecular weight excluding hydrogens is 416 g/mol. The summed E-state index contributed by atoms with van der Waals surface area (Å²) in [7, 11) is 0. The summed E-state index contributed by atoms with van der Waals surface area (Å²) in [4.78, 5) is 50.7. The van der Waals surface area contributed by atoms with E-state index in [4.69, 9.17) is 10.8 Å². The van der Waals surface area contributed by atoms with Crippen molar-refractivity contribution in [1.82, 2.24) is 15.5 Å². The number of phenolic OH excluding ortho intramolecular Hbond substituents is 1. The predicted molar refractivity (Wildman–Crippen MR) is 117 cm³/mol. The maximum atomic E-state index is 13.4. The van der Waals surface area contributed by atoms with Crippen LogP contribution in [0.25, 0.3) is 0 Å². The maximum absolute atomic E-state index is 13.4. The third-order valence-electron chi connectivity index (χ3n) is 5.80. The summed E-state index contributed by atoms with van der Waals surface area (Å²) in [6.45, 7) is 3.56.